The lowest BCUT2D eigenvalue weighted by Gasteiger charge is -2.18. The van der Waals surface area contributed by atoms with E-state index in [9.17, 15) is 14.4 Å². The minimum Gasteiger partial charge on any atom is -0.444 e. The molecule has 11 heteroatoms. The number of cyclic esters (lactones) is 1. The fraction of sp³-hybridized carbons (Fsp3) is 0.348. The number of aromatic nitrogens is 3. The first-order chi connectivity index (χ1) is 16.6. The smallest absolute Gasteiger partial charge is 0.415 e. The van der Waals surface area contributed by atoms with Gasteiger partial charge in [0.2, 0.25) is 5.91 Å². The second kappa shape index (κ2) is 8.41. The van der Waals surface area contributed by atoms with Crippen LogP contribution in [0.2, 0.25) is 0 Å². The molecule has 3 aliphatic rings. The summed E-state index contributed by atoms with van der Waals surface area (Å²) in [5.74, 6) is 1.23. The van der Waals surface area contributed by atoms with Crippen molar-refractivity contribution in [2.24, 2.45) is 0 Å². The highest BCUT2D eigenvalue weighted by Gasteiger charge is 2.33. The number of para-hydroxylation sites is 1. The van der Waals surface area contributed by atoms with Gasteiger partial charge in [0.1, 0.15) is 17.7 Å². The molecule has 0 unspecified atom stereocenters. The molecule has 174 valence electrons. The van der Waals surface area contributed by atoms with Gasteiger partial charge < -0.3 is 19.9 Å². The zero-order valence-corrected chi connectivity index (χ0v) is 19.0. The summed E-state index contributed by atoms with van der Waals surface area (Å²) in [6.45, 7) is 1.73. The van der Waals surface area contributed by atoms with Crippen molar-refractivity contribution >= 4 is 46.4 Å². The molecule has 0 bridgehead atoms. The molecule has 1 saturated heterocycles. The van der Waals surface area contributed by atoms with Gasteiger partial charge in [-0.15, -0.1) is 11.8 Å². The quantitative estimate of drug-likeness (QED) is 0.518. The van der Waals surface area contributed by atoms with Gasteiger partial charge in [-0.3, -0.25) is 14.5 Å². The Labute approximate surface area is 198 Å². The number of nitrogens with zero attached hydrogens (tertiary/aromatic N) is 4. The Morgan fingerprint density at radius 2 is 2.09 bits per heavy atom. The van der Waals surface area contributed by atoms with E-state index in [4.69, 9.17) is 4.74 Å². The summed E-state index contributed by atoms with van der Waals surface area (Å²) in [5, 5.41) is 6.29. The summed E-state index contributed by atoms with van der Waals surface area (Å²) in [7, 11) is 0. The third-order valence-corrected chi connectivity index (χ3v) is 7.39. The van der Waals surface area contributed by atoms with E-state index in [1.165, 1.54) is 22.9 Å². The van der Waals surface area contributed by atoms with E-state index < -0.39 is 6.09 Å². The number of carbonyl (C=O) groups excluding carboxylic acids is 2. The maximum absolute atomic E-state index is 12.4. The maximum atomic E-state index is 12.4. The normalized spacial score (nSPS) is 21.0. The minimum absolute atomic E-state index is 0.0519. The van der Waals surface area contributed by atoms with Crippen molar-refractivity contribution in [3.8, 4) is 0 Å². The highest BCUT2D eigenvalue weighted by atomic mass is 32.2. The van der Waals surface area contributed by atoms with Crippen LogP contribution in [0.4, 0.5) is 16.4 Å². The van der Waals surface area contributed by atoms with E-state index in [1.54, 1.807) is 10.6 Å². The fourth-order valence-electron chi connectivity index (χ4n) is 4.74. The highest BCUT2D eigenvalue weighted by Crippen LogP contribution is 2.33. The van der Waals surface area contributed by atoms with Crippen molar-refractivity contribution in [3.05, 3.63) is 52.4 Å². The minimum atomic E-state index is -0.426. The zero-order chi connectivity index (χ0) is 23.2. The van der Waals surface area contributed by atoms with E-state index in [2.05, 4.69) is 20.6 Å². The molecule has 2 N–H and O–H groups in total. The van der Waals surface area contributed by atoms with Gasteiger partial charge >= 0.3 is 6.09 Å². The Hall–Kier alpha value is -3.44. The van der Waals surface area contributed by atoms with Gasteiger partial charge in [0.05, 0.1) is 40.5 Å². The SMILES string of the molecule is O=C1CSc2ccc(N3C[C@@H](CCCN[C@H]4Cn5c(=O)cnc6cccc4c65)OC3=O)nc2N1. The predicted molar refractivity (Wildman–Crippen MR) is 127 cm³/mol. The molecule has 3 aromatic rings. The molecule has 10 nitrogen and oxygen atoms in total. The van der Waals surface area contributed by atoms with Crippen LogP contribution in [0.15, 0.2) is 46.2 Å². The molecule has 1 fully saturated rings. The van der Waals surface area contributed by atoms with Crippen molar-refractivity contribution in [1.82, 2.24) is 19.9 Å². The zero-order valence-electron chi connectivity index (χ0n) is 18.2. The third-order valence-electron chi connectivity index (χ3n) is 6.34. The van der Waals surface area contributed by atoms with E-state index in [0.717, 1.165) is 34.5 Å². The molecule has 0 saturated carbocycles. The number of hydrogen-bond acceptors (Lipinski definition) is 8. The topological polar surface area (TPSA) is 118 Å². The summed E-state index contributed by atoms with van der Waals surface area (Å²) >= 11 is 1.43. The van der Waals surface area contributed by atoms with Gasteiger partial charge in [0, 0.05) is 6.54 Å². The van der Waals surface area contributed by atoms with Crippen LogP contribution in [-0.4, -0.2) is 51.5 Å². The molecule has 3 aliphatic heterocycles. The predicted octanol–water partition coefficient (Wildman–Crippen LogP) is 2.29. The Balaban J connectivity index is 1.05. The standard InChI is InChI=1S/C23H22N6O4S/c30-19-12-34-17-6-7-18(26-22(17)27-19)28-10-13(33-23(28)32)3-2-8-24-16-11-29-20(31)9-25-15-5-1-4-14(16)21(15)29/h1,4-7,9,13,16,24H,2-3,8,10-12H2,(H,26,27,30)/t13-,16+/m1/s1. The van der Waals surface area contributed by atoms with Gasteiger partial charge in [-0.25, -0.2) is 14.8 Å². The molecule has 0 radical (unpaired) electrons. The molecule has 0 spiro atoms. The van der Waals surface area contributed by atoms with Crippen LogP contribution in [0.1, 0.15) is 24.4 Å². The largest absolute Gasteiger partial charge is 0.444 e. The van der Waals surface area contributed by atoms with Crippen molar-refractivity contribution in [1.29, 1.82) is 0 Å². The van der Waals surface area contributed by atoms with Crippen molar-refractivity contribution < 1.29 is 14.3 Å². The van der Waals surface area contributed by atoms with Crippen molar-refractivity contribution in [2.45, 2.75) is 36.4 Å². The molecule has 2 aromatic heterocycles. The lowest BCUT2D eigenvalue weighted by molar-refractivity contribution is -0.113. The fourth-order valence-corrected chi connectivity index (χ4v) is 5.49. The second-order valence-electron chi connectivity index (χ2n) is 8.54. The molecule has 2 amide bonds. The van der Waals surface area contributed by atoms with E-state index in [-0.39, 0.29) is 23.6 Å². The lowest BCUT2D eigenvalue weighted by atomic mass is 10.1. The van der Waals surface area contributed by atoms with Crippen LogP contribution in [-0.2, 0) is 16.1 Å². The molecule has 5 heterocycles. The summed E-state index contributed by atoms with van der Waals surface area (Å²) in [6.07, 6.45) is 2.24. The average Bonchev–Trinajstić information content (AvgIpc) is 3.40. The number of pyridine rings is 1. The molecular weight excluding hydrogens is 456 g/mol. The van der Waals surface area contributed by atoms with E-state index in [0.29, 0.717) is 36.9 Å². The number of anilines is 2. The highest BCUT2D eigenvalue weighted by molar-refractivity contribution is 8.00. The Morgan fingerprint density at radius 1 is 1.18 bits per heavy atom. The first-order valence-corrected chi connectivity index (χ1v) is 12.2. The van der Waals surface area contributed by atoms with Crippen LogP contribution in [0, 0.1) is 0 Å². The van der Waals surface area contributed by atoms with Gasteiger partial charge in [-0.05, 0) is 43.1 Å². The maximum Gasteiger partial charge on any atom is 0.415 e. The molecule has 0 aliphatic carbocycles. The number of thioether (sulfide) groups is 1. The number of amides is 2. The lowest BCUT2D eigenvalue weighted by Crippen LogP contribution is -2.28. The van der Waals surface area contributed by atoms with Gasteiger partial charge in [-0.1, -0.05) is 12.1 Å². The number of rotatable bonds is 6. The van der Waals surface area contributed by atoms with Gasteiger partial charge in [0.15, 0.2) is 0 Å². The molecule has 6 rings (SSSR count). The monoisotopic (exact) mass is 478 g/mol. The summed E-state index contributed by atoms with van der Waals surface area (Å²) in [4.78, 5) is 47.4. The number of carbonyl (C=O) groups is 2. The molecule has 2 atom stereocenters. The van der Waals surface area contributed by atoms with Crippen LogP contribution < -0.4 is 21.1 Å². The molecule has 1 aromatic carbocycles. The first kappa shape index (κ1) is 21.1. The van der Waals surface area contributed by atoms with Crippen LogP contribution >= 0.6 is 11.8 Å². The third kappa shape index (κ3) is 3.70. The number of fused-ring (bicyclic) bond motifs is 1. The Bertz CT molecular complexity index is 1380. The summed E-state index contributed by atoms with van der Waals surface area (Å²) < 4.78 is 7.33. The van der Waals surface area contributed by atoms with Crippen molar-refractivity contribution in [3.63, 3.8) is 0 Å². The summed E-state index contributed by atoms with van der Waals surface area (Å²) in [5.41, 5.74) is 2.73. The van der Waals surface area contributed by atoms with Crippen LogP contribution in [0.5, 0.6) is 0 Å². The average molecular weight is 479 g/mol. The number of benzene rings is 1. The Morgan fingerprint density at radius 3 is 3.00 bits per heavy atom. The van der Waals surface area contributed by atoms with E-state index >= 15 is 0 Å². The number of ether oxygens (including phenoxy) is 1. The molecule has 34 heavy (non-hydrogen) atoms. The van der Waals surface area contributed by atoms with Crippen LogP contribution in [0.3, 0.4) is 0 Å². The van der Waals surface area contributed by atoms with E-state index in [1.807, 2.05) is 24.3 Å². The second-order valence-corrected chi connectivity index (χ2v) is 9.56. The summed E-state index contributed by atoms with van der Waals surface area (Å²) in [6, 6.07) is 9.62. The number of hydrogen-bond donors (Lipinski definition) is 2. The first-order valence-electron chi connectivity index (χ1n) is 11.2. The molecular formula is C23H22N6O4S. The van der Waals surface area contributed by atoms with Crippen LogP contribution in [0.25, 0.3) is 11.0 Å². The Kier molecular flexibility index (Phi) is 5.22. The van der Waals surface area contributed by atoms with Gasteiger partial charge in [-0.2, -0.15) is 0 Å². The van der Waals surface area contributed by atoms with Gasteiger partial charge in [0.25, 0.3) is 5.56 Å². The number of nitrogens with one attached hydrogen (secondary N) is 2. The van der Waals surface area contributed by atoms with Crippen molar-refractivity contribution in [2.75, 3.05) is 29.1 Å².